The molecule has 6 N–H and O–H groups in total. The van der Waals surface area contributed by atoms with Gasteiger partial charge in [0, 0.05) is 35.9 Å². The Morgan fingerprint density at radius 1 is 1.16 bits per heavy atom. The van der Waals surface area contributed by atoms with Crippen LogP contribution in [0, 0.1) is 5.92 Å². The predicted octanol–water partition coefficient (Wildman–Crippen LogP) is 3.46. The average molecular weight is 541 g/mol. The van der Waals surface area contributed by atoms with Gasteiger partial charge in [-0.2, -0.15) is 11.8 Å². The number of amides is 2. The number of carboxylic acids is 1. The van der Waals surface area contributed by atoms with Crippen LogP contribution in [0.5, 0.6) is 0 Å². The standard InChI is InChI=1S/C28H36N4O5S/c29-20-12-18(13-21(15-20)31-26(33)17-38-11-5-10-37-22-6-1-2-7-22)27(34)32-25(28(35)36)14-19-16-30-24-9-4-3-8-23(19)24/h3-4,8-9,12-13,15-16,22-25,30H,1-2,5-7,10-11,14,17,29H2,(H,31,33)(H,32,34)(H,35,36). The lowest BCUT2D eigenvalue weighted by Crippen LogP contribution is -2.41. The van der Waals surface area contributed by atoms with Crippen LogP contribution in [0.2, 0.25) is 0 Å². The summed E-state index contributed by atoms with van der Waals surface area (Å²) in [7, 11) is 0. The molecule has 0 spiro atoms. The van der Waals surface area contributed by atoms with Crippen molar-refractivity contribution in [3.05, 3.63) is 59.8 Å². The second-order valence-corrected chi connectivity index (χ2v) is 11.0. The molecule has 0 radical (unpaired) electrons. The van der Waals surface area contributed by atoms with Gasteiger partial charge in [0.2, 0.25) is 5.91 Å². The Balaban J connectivity index is 1.25. The van der Waals surface area contributed by atoms with Crippen LogP contribution in [0.3, 0.4) is 0 Å². The first-order valence-electron chi connectivity index (χ1n) is 13.1. The van der Waals surface area contributed by atoms with Crippen LogP contribution >= 0.6 is 11.8 Å². The van der Waals surface area contributed by atoms with Crippen LogP contribution in [0.4, 0.5) is 11.4 Å². The number of anilines is 2. The Labute approximate surface area is 227 Å². The van der Waals surface area contributed by atoms with Crippen LogP contribution in [0.25, 0.3) is 0 Å². The minimum absolute atomic E-state index is 0.0608. The summed E-state index contributed by atoms with van der Waals surface area (Å²) >= 11 is 1.53. The van der Waals surface area contributed by atoms with Gasteiger partial charge >= 0.3 is 5.97 Å². The van der Waals surface area contributed by atoms with Crippen molar-refractivity contribution in [1.29, 1.82) is 0 Å². The van der Waals surface area contributed by atoms with Crippen molar-refractivity contribution in [3.63, 3.8) is 0 Å². The highest BCUT2D eigenvalue weighted by atomic mass is 32.2. The molecule has 1 fully saturated rings. The molecule has 1 aromatic rings. The molecule has 3 unspecified atom stereocenters. The Kier molecular flexibility index (Phi) is 9.89. The van der Waals surface area contributed by atoms with E-state index < -0.39 is 17.9 Å². The van der Waals surface area contributed by atoms with Gasteiger partial charge in [0.05, 0.1) is 17.9 Å². The fourth-order valence-corrected chi connectivity index (χ4v) is 5.70. The van der Waals surface area contributed by atoms with E-state index >= 15 is 0 Å². The molecule has 0 aromatic heterocycles. The number of thioether (sulfide) groups is 1. The van der Waals surface area contributed by atoms with Gasteiger partial charge in [0.25, 0.3) is 5.91 Å². The third kappa shape index (κ3) is 7.88. The molecule has 1 heterocycles. The van der Waals surface area contributed by atoms with Crippen molar-refractivity contribution in [2.24, 2.45) is 5.92 Å². The van der Waals surface area contributed by atoms with Crippen molar-refractivity contribution in [2.75, 3.05) is 29.2 Å². The normalized spacial score (nSPS) is 20.9. The Morgan fingerprint density at radius 3 is 2.74 bits per heavy atom. The van der Waals surface area contributed by atoms with Gasteiger partial charge in [-0.05, 0) is 55.0 Å². The number of allylic oxidation sites excluding steroid dienone is 2. The molecule has 1 aromatic carbocycles. The fourth-order valence-electron chi connectivity index (χ4n) is 4.98. The van der Waals surface area contributed by atoms with E-state index in [1.165, 1.54) is 36.7 Å². The van der Waals surface area contributed by atoms with Gasteiger partial charge in [-0.25, -0.2) is 4.79 Å². The number of rotatable bonds is 13. The maximum absolute atomic E-state index is 13.0. The van der Waals surface area contributed by atoms with E-state index in [1.807, 2.05) is 30.5 Å². The molecule has 0 saturated heterocycles. The number of fused-ring (bicyclic) bond motifs is 1. The number of aliphatic carboxylic acids is 1. The first-order chi connectivity index (χ1) is 18.4. The molecule has 9 nitrogen and oxygen atoms in total. The lowest BCUT2D eigenvalue weighted by Gasteiger charge is -2.21. The predicted molar refractivity (Wildman–Crippen MR) is 150 cm³/mol. The van der Waals surface area contributed by atoms with Crippen LogP contribution in [-0.4, -0.2) is 59.2 Å². The number of nitrogens with two attached hydrogens (primary N) is 1. The van der Waals surface area contributed by atoms with Crippen LogP contribution in [0.15, 0.2) is 54.3 Å². The Morgan fingerprint density at radius 2 is 1.95 bits per heavy atom. The number of hydrogen-bond donors (Lipinski definition) is 5. The molecule has 0 bridgehead atoms. The van der Waals surface area contributed by atoms with E-state index in [0.29, 0.717) is 24.1 Å². The quantitative estimate of drug-likeness (QED) is 0.189. The smallest absolute Gasteiger partial charge is 0.326 e. The topological polar surface area (TPSA) is 143 Å². The van der Waals surface area contributed by atoms with Crippen molar-refractivity contribution in [3.8, 4) is 0 Å². The van der Waals surface area contributed by atoms with E-state index in [9.17, 15) is 19.5 Å². The molecule has 10 heteroatoms. The van der Waals surface area contributed by atoms with Gasteiger partial charge in [0.15, 0.2) is 0 Å². The van der Waals surface area contributed by atoms with Gasteiger partial charge in [0.1, 0.15) is 6.04 Å². The first kappa shape index (κ1) is 27.8. The third-order valence-corrected chi connectivity index (χ3v) is 7.93. The summed E-state index contributed by atoms with van der Waals surface area (Å²) in [6.45, 7) is 0.715. The molecule has 38 heavy (non-hydrogen) atoms. The summed E-state index contributed by atoms with van der Waals surface area (Å²) < 4.78 is 5.84. The molecule has 204 valence electrons. The molecular weight excluding hydrogens is 504 g/mol. The highest BCUT2D eigenvalue weighted by Crippen LogP contribution is 2.29. The number of carboxylic acid groups (broad SMARTS) is 1. The lowest BCUT2D eigenvalue weighted by atomic mass is 9.88. The van der Waals surface area contributed by atoms with E-state index in [-0.39, 0.29) is 35.6 Å². The number of carbonyl (C=O) groups is 3. The second-order valence-electron chi connectivity index (χ2n) is 9.85. The summed E-state index contributed by atoms with van der Waals surface area (Å²) in [6, 6.07) is 3.53. The van der Waals surface area contributed by atoms with E-state index in [1.54, 1.807) is 6.07 Å². The minimum Gasteiger partial charge on any atom is -0.480 e. The zero-order valence-electron chi connectivity index (χ0n) is 21.4. The lowest BCUT2D eigenvalue weighted by molar-refractivity contribution is -0.139. The number of ether oxygens (including phenoxy) is 1. The maximum atomic E-state index is 13.0. The van der Waals surface area contributed by atoms with Crippen molar-refractivity contribution in [1.82, 2.24) is 10.6 Å². The molecule has 1 saturated carbocycles. The van der Waals surface area contributed by atoms with Crippen molar-refractivity contribution < 1.29 is 24.2 Å². The molecular formula is C28H36N4O5S. The summed E-state index contributed by atoms with van der Waals surface area (Å²) in [6.07, 6.45) is 16.0. The van der Waals surface area contributed by atoms with Crippen molar-refractivity contribution >= 4 is 40.9 Å². The van der Waals surface area contributed by atoms with Crippen LogP contribution < -0.4 is 21.7 Å². The van der Waals surface area contributed by atoms with E-state index in [0.717, 1.165) is 30.6 Å². The number of nitrogens with one attached hydrogen (secondary N) is 3. The highest BCUT2D eigenvalue weighted by molar-refractivity contribution is 7.99. The third-order valence-electron chi connectivity index (χ3n) is 6.89. The zero-order valence-corrected chi connectivity index (χ0v) is 22.2. The molecule has 3 aliphatic rings. The zero-order chi connectivity index (χ0) is 26.9. The minimum atomic E-state index is -1.12. The van der Waals surface area contributed by atoms with Gasteiger partial charge < -0.3 is 31.5 Å². The van der Waals surface area contributed by atoms with Gasteiger partial charge in [-0.1, -0.05) is 37.1 Å². The Hall–Kier alpha value is -3.24. The molecule has 1 aliphatic heterocycles. The SMILES string of the molecule is Nc1cc(NC(=O)CSCCCOC2CCCC2)cc(C(=O)NC(CC2=CNC3C=CC=CC23)C(=O)O)c1. The monoisotopic (exact) mass is 540 g/mol. The largest absolute Gasteiger partial charge is 0.480 e. The maximum Gasteiger partial charge on any atom is 0.326 e. The summed E-state index contributed by atoms with van der Waals surface area (Å²) in [5, 5.41) is 18.4. The fraction of sp³-hybridized carbons (Fsp3) is 0.464. The number of benzene rings is 1. The van der Waals surface area contributed by atoms with Gasteiger partial charge in [-0.15, -0.1) is 0 Å². The number of nitrogen functional groups attached to an aromatic ring is 1. The number of hydrogen-bond acceptors (Lipinski definition) is 7. The van der Waals surface area contributed by atoms with Crippen LogP contribution in [-0.2, 0) is 14.3 Å². The molecule has 3 atom stereocenters. The second kappa shape index (κ2) is 13.5. The summed E-state index contributed by atoms with van der Waals surface area (Å²) in [5.74, 6) is -0.737. The number of carbonyl (C=O) groups excluding carboxylic acids is 2. The van der Waals surface area contributed by atoms with Crippen molar-refractivity contribution in [2.45, 2.75) is 56.7 Å². The highest BCUT2D eigenvalue weighted by Gasteiger charge is 2.31. The molecule has 4 rings (SSSR count). The summed E-state index contributed by atoms with van der Waals surface area (Å²) in [4.78, 5) is 37.3. The average Bonchev–Trinajstić information content (AvgIpc) is 3.55. The molecule has 2 amide bonds. The van der Waals surface area contributed by atoms with Gasteiger partial charge in [-0.3, -0.25) is 9.59 Å². The Bertz CT molecular complexity index is 1110. The molecule has 2 aliphatic carbocycles. The first-order valence-corrected chi connectivity index (χ1v) is 14.3. The van der Waals surface area contributed by atoms with Crippen LogP contribution in [0.1, 0.15) is 48.9 Å². The van der Waals surface area contributed by atoms with E-state index in [4.69, 9.17) is 10.5 Å². The summed E-state index contributed by atoms with van der Waals surface area (Å²) in [5.41, 5.74) is 7.75. The van der Waals surface area contributed by atoms with E-state index in [2.05, 4.69) is 16.0 Å².